The van der Waals surface area contributed by atoms with Crippen LogP contribution in [0.1, 0.15) is 16.6 Å². The predicted octanol–water partition coefficient (Wildman–Crippen LogP) is 1.79. The molecule has 0 saturated heterocycles. The number of hydrogen-bond acceptors (Lipinski definition) is 5. The average molecular weight is 292 g/mol. The van der Waals surface area contributed by atoms with Crippen molar-refractivity contribution in [3.05, 3.63) is 40.9 Å². The molecule has 1 aromatic carbocycles. The van der Waals surface area contributed by atoms with E-state index in [4.69, 9.17) is 0 Å². The number of nitrogens with zero attached hydrogens (tertiary/aromatic N) is 2. The van der Waals surface area contributed by atoms with Gasteiger partial charge in [0, 0.05) is 0 Å². The van der Waals surface area contributed by atoms with Gasteiger partial charge in [-0.3, -0.25) is 5.32 Å². The maximum atomic E-state index is 11.8. The fourth-order valence-electron chi connectivity index (χ4n) is 1.54. The van der Waals surface area contributed by atoms with E-state index in [1.807, 2.05) is 0 Å². The van der Waals surface area contributed by atoms with Crippen LogP contribution in [0.2, 0.25) is 0 Å². The van der Waals surface area contributed by atoms with E-state index in [0.29, 0.717) is 15.7 Å². The Labute approximate surface area is 118 Å². The van der Waals surface area contributed by atoms with Crippen LogP contribution in [0.5, 0.6) is 0 Å². The van der Waals surface area contributed by atoms with Gasteiger partial charge in [0.25, 0.3) is 0 Å². The van der Waals surface area contributed by atoms with E-state index in [-0.39, 0.29) is 0 Å². The molecule has 2 aromatic rings. The molecule has 1 aromatic heterocycles. The summed E-state index contributed by atoms with van der Waals surface area (Å²) in [7, 11) is 0. The van der Waals surface area contributed by atoms with Crippen LogP contribution in [-0.4, -0.2) is 27.3 Å². The summed E-state index contributed by atoms with van der Waals surface area (Å²) in [5.41, 5.74) is 0.489. The number of benzene rings is 1. The normalized spacial score (nSPS) is 11.7. The Kier molecular flexibility index (Phi) is 4.26. The predicted molar refractivity (Wildman–Crippen MR) is 73.6 cm³/mol. The molecule has 2 rings (SSSR count). The summed E-state index contributed by atoms with van der Waals surface area (Å²) >= 11 is 1.21. The summed E-state index contributed by atoms with van der Waals surface area (Å²) in [6.07, 6.45) is 0. The van der Waals surface area contributed by atoms with Gasteiger partial charge in [-0.1, -0.05) is 41.7 Å². The highest BCUT2D eigenvalue weighted by Crippen LogP contribution is 2.15. The lowest BCUT2D eigenvalue weighted by Crippen LogP contribution is -2.36. The second-order valence-electron chi connectivity index (χ2n) is 3.91. The molecule has 0 unspecified atom stereocenters. The molecule has 20 heavy (non-hydrogen) atoms. The van der Waals surface area contributed by atoms with Crippen LogP contribution >= 0.6 is 11.3 Å². The molecule has 0 spiro atoms. The van der Waals surface area contributed by atoms with Crippen molar-refractivity contribution in [2.24, 2.45) is 0 Å². The third-order valence-corrected chi connectivity index (χ3v) is 3.16. The quantitative estimate of drug-likeness (QED) is 0.797. The fourth-order valence-corrected chi connectivity index (χ4v) is 2.13. The second-order valence-corrected chi connectivity index (χ2v) is 5.09. The number of aryl methyl sites for hydroxylation is 1. The number of carboxylic acids is 1. The highest BCUT2D eigenvalue weighted by atomic mass is 32.1. The SMILES string of the molecule is Cc1nnc(NC(=O)N[C@@H](C(=O)O)c2ccccc2)s1. The first kappa shape index (κ1) is 13.9. The standard InChI is InChI=1S/C12H12N4O3S/c1-7-15-16-12(20-7)14-11(19)13-9(10(17)18)8-5-3-2-4-6-8/h2-6,9H,1H3,(H,17,18)(H2,13,14,16,19)/t9-/m1/s1. The van der Waals surface area contributed by atoms with Crippen molar-refractivity contribution in [1.29, 1.82) is 0 Å². The third-order valence-electron chi connectivity index (χ3n) is 2.40. The third kappa shape index (κ3) is 3.51. The van der Waals surface area contributed by atoms with Crippen LogP contribution in [-0.2, 0) is 4.79 Å². The first-order valence-corrected chi connectivity index (χ1v) is 6.53. The molecule has 1 heterocycles. The van der Waals surface area contributed by atoms with Crippen LogP contribution in [0.25, 0.3) is 0 Å². The minimum atomic E-state index is -1.14. The average Bonchev–Trinajstić information content (AvgIpc) is 2.82. The Balaban J connectivity index is 2.05. The van der Waals surface area contributed by atoms with E-state index in [2.05, 4.69) is 20.8 Å². The van der Waals surface area contributed by atoms with E-state index in [1.54, 1.807) is 37.3 Å². The molecule has 104 valence electrons. The lowest BCUT2D eigenvalue weighted by Gasteiger charge is -2.14. The van der Waals surface area contributed by atoms with Gasteiger partial charge in [0.15, 0.2) is 6.04 Å². The number of hydrogen-bond donors (Lipinski definition) is 3. The Bertz CT molecular complexity index is 614. The molecule has 0 fully saturated rings. The first-order valence-electron chi connectivity index (χ1n) is 5.71. The number of carbonyl (C=O) groups is 2. The zero-order chi connectivity index (χ0) is 14.5. The van der Waals surface area contributed by atoms with E-state index in [9.17, 15) is 14.7 Å². The smallest absolute Gasteiger partial charge is 0.330 e. The Morgan fingerprint density at radius 1 is 1.25 bits per heavy atom. The summed E-state index contributed by atoms with van der Waals surface area (Å²) in [5.74, 6) is -1.14. The van der Waals surface area contributed by atoms with Gasteiger partial charge < -0.3 is 10.4 Å². The summed E-state index contributed by atoms with van der Waals surface area (Å²) in [6.45, 7) is 1.75. The van der Waals surface area contributed by atoms with Gasteiger partial charge in [-0.25, -0.2) is 9.59 Å². The van der Waals surface area contributed by atoms with Crippen LogP contribution in [0.4, 0.5) is 9.93 Å². The molecule has 3 N–H and O–H groups in total. The van der Waals surface area contributed by atoms with E-state index in [0.717, 1.165) is 0 Å². The summed E-state index contributed by atoms with van der Waals surface area (Å²) in [4.78, 5) is 23.0. The molecule has 0 aliphatic carbocycles. The number of rotatable bonds is 4. The van der Waals surface area contributed by atoms with E-state index in [1.165, 1.54) is 11.3 Å². The summed E-state index contributed by atoms with van der Waals surface area (Å²) in [6, 6.07) is 6.69. The second kappa shape index (κ2) is 6.11. The van der Waals surface area contributed by atoms with Gasteiger partial charge >= 0.3 is 12.0 Å². The number of urea groups is 1. The number of aromatic nitrogens is 2. The van der Waals surface area contributed by atoms with E-state index >= 15 is 0 Å². The minimum Gasteiger partial charge on any atom is -0.479 e. The lowest BCUT2D eigenvalue weighted by molar-refractivity contribution is -0.139. The van der Waals surface area contributed by atoms with Crippen molar-refractivity contribution in [3.8, 4) is 0 Å². The van der Waals surface area contributed by atoms with Crippen LogP contribution < -0.4 is 10.6 Å². The van der Waals surface area contributed by atoms with Gasteiger partial charge in [0.1, 0.15) is 5.01 Å². The highest BCUT2D eigenvalue weighted by molar-refractivity contribution is 7.15. The fraction of sp³-hybridized carbons (Fsp3) is 0.167. The van der Waals surface area contributed by atoms with Gasteiger partial charge in [0.05, 0.1) is 0 Å². The molecular formula is C12H12N4O3S. The molecule has 0 aliphatic heterocycles. The Morgan fingerprint density at radius 2 is 1.95 bits per heavy atom. The minimum absolute atomic E-state index is 0.317. The van der Waals surface area contributed by atoms with Crippen molar-refractivity contribution < 1.29 is 14.7 Å². The molecule has 0 bridgehead atoms. The zero-order valence-electron chi connectivity index (χ0n) is 10.5. The summed E-state index contributed by atoms with van der Waals surface area (Å²) in [5, 5.41) is 22.5. The summed E-state index contributed by atoms with van der Waals surface area (Å²) < 4.78 is 0. The monoisotopic (exact) mass is 292 g/mol. The topological polar surface area (TPSA) is 104 Å². The van der Waals surface area contributed by atoms with Gasteiger partial charge in [0.2, 0.25) is 5.13 Å². The molecule has 1 atom stereocenters. The van der Waals surface area contributed by atoms with Gasteiger partial charge in [-0.15, -0.1) is 10.2 Å². The molecule has 7 nitrogen and oxygen atoms in total. The maximum Gasteiger partial charge on any atom is 0.330 e. The lowest BCUT2D eigenvalue weighted by atomic mass is 10.1. The number of anilines is 1. The van der Waals surface area contributed by atoms with Crippen molar-refractivity contribution in [2.75, 3.05) is 5.32 Å². The van der Waals surface area contributed by atoms with Crippen molar-refractivity contribution in [3.63, 3.8) is 0 Å². The van der Waals surface area contributed by atoms with E-state index < -0.39 is 18.0 Å². The Hall–Kier alpha value is -2.48. The number of carbonyl (C=O) groups excluding carboxylic acids is 1. The molecule has 2 amide bonds. The zero-order valence-corrected chi connectivity index (χ0v) is 11.3. The van der Waals surface area contributed by atoms with Crippen molar-refractivity contribution >= 4 is 28.5 Å². The van der Waals surface area contributed by atoms with Crippen LogP contribution in [0.15, 0.2) is 30.3 Å². The van der Waals surface area contributed by atoms with Crippen molar-refractivity contribution in [2.45, 2.75) is 13.0 Å². The molecule has 0 aliphatic rings. The molecule has 8 heteroatoms. The van der Waals surface area contributed by atoms with Gasteiger partial charge in [-0.05, 0) is 12.5 Å². The van der Waals surface area contributed by atoms with Gasteiger partial charge in [-0.2, -0.15) is 0 Å². The number of nitrogens with one attached hydrogen (secondary N) is 2. The highest BCUT2D eigenvalue weighted by Gasteiger charge is 2.22. The number of carboxylic acid groups (broad SMARTS) is 1. The largest absolute Gasteiger partial charge is 0.479 e. The van der Waals surface area contributed by atoms with Crippen LogP contribution in [0.3, 0.4) is 0 Å². The number of amides is 2. The maximum absolute atomic E-state index is 11.8. The number of aliphatic carboxylic acids is 1. The van der Waals surface area contributed by atoms with Crippen molar-refractivity contribution in [1.82, 2.24) is 15.5 Å². The molecular weight excluding hydrogens is 280 g/mol. The van der Waals surface area contributed by atoms with Crippen LogP contribution in [0, 0.1) is 6.92 Å². The Morgan fingerprint density at radius 3 is 2.50 bits per heavy atom. The molecule has 0 radical (unpaired) electrons. The first-order chi connectivity index (χ1) is 9.56. The molecule has 0 saturated carbocycles.